The molecule has 2 aromatic rings. The van der Waals surface area contributed by atoms with Gasteiger partial charge in [-0.1, -0.05) is 12.1 Å². The highest BCUT2D eigenvalue weighted by molar-refractivity contribution is 5.95. The van der Waals surface area contributed by atoms with E-state index in [1.165, 1.54) is 13.3 Å². The van der Waals surface area contributed by atoms with Crippen molar-refractivity contribution in [2.45, 2.75) is 0 Å². The molecule has 0 fully saturated rings. The van der Waals surface area contributed by atoms with Gasteiger partial charge in [-0.2, -0.15) is 0 Å². The standard InChI is InChI=1S/C13H12N4O3/c1-20-13(19)8-4-2-3-7(5-8)9-6-16-11(14)10(17-9)12(15)18/h2-6H,1H3,(H2,14,16)(H2,15,18). The molecule has 0 unspecified atom stereocenters. The Kier molecular flexibility index (Phi) is 3.60. The van der Waals surface area contributed by atoms with Crippen LogP contribution in [0.15, 0.2) is 30.5 Å². The summed E-state index contributed by atoms with van der Waals surface area (Å²) in [5.41, 5.74) is 11.9. The van der Waals surface area contributed by atoms with E-state index >= 15 is 0 Å². The molecule has 0 aliphatic heterocycles. The summed E-state index contributed by atoms with van der Waals surface area (Å²) in [6.45, 7) is 0. The molecule has 102 valence electrons. The predicted octanol–water partition coefficient (Wildman–Crippen LogP) is 0.611. The van der Waals surface area contributed by atoms with Crippen LogP contribution in [0.4, 0.5) is 5.82 Å². The van der Waals surface area contributed by atoms with E-state index < -0.39 is 11.9 Å². The third-order valence-corrected chi connectivity index (χ3v) is 2.61. The molecule has 0 saturated carbocycles. The maximum atomic E-state index is 11.5. The first-order valence-corrected chi connectivity index (χ1v) is 5.64. The molecule has 0 spiro atoms. The summed E-state index contributed by atoms with van der Waals surface area (Å²) >= 11 is 0. The second kappa shape index (κ2) is 5.35. The molecule has 0 saturated heterocycles. The van der Waals surface area contributed by atoms with Crippen LogP contribution in [0.1, 0.15) is 20.8 Å². The summed E-state index contributed by atoms with van der Waals surface area (Å²) in [5.74, 6) is -1.27. The lowest BCUT2D eigenvalue weighted by Crippen LogP contribution is -2.17. The fourth-order valence-electron chi connectivity index (χ4n) is 1.64. The summed E-state index contributed by atoms with van der Waals surface area (Å²) in [5, 5.41) is 0. The Balaban J connectivity index is 2.49. The number of carbonyl (C=O) groups excluding carboxylic acids is 2. The van der Waals surface area contributed by atoms with Crippen LogP contribution in [0.25, 0.3) is 11.3 Å². The van der Waals surface area contributed by atoms with E-state index in [1.807, 2.05) is 0 Å². The number of methoxy groups -OCH3 is 1. The highest BCUT2D eigenvalue weighted by Crippen LogP contribution is 2.20. The maximum Gasteiger partial charge on any atom is 0.337 e. The molecule has 0 atom stereocenters. The quantitative estimate of drug-likeness (QED) is 0.789. The number of nitrogen functional groups attached to an aromatic ring is 1. The maximum absolute atomic E-state index is 11.5. The van der Waals surface area contributed by atoms with Crippen molar-refractivity contribution in [1.82, 2.24) is 9.97 Å². The first-order chi connectivity index (χ1) is 9.52. The Morgan fingerprint density at radius 3 is 2.70 bits per heavy atom. The Morgan fingerprint density at radius 1 is 1.30 bits per heavy atom. The number of hydrogen-bond acceptors (Lipinski definition) is 6. The Bertz CT molecular complexity index is 685. The molecular formula is C13H12N4O3. The average molecular weight is 272 g/mol. The minimum atomic E-state index is -0.763. The second-order valence-electron chi connectivity index (χ2n) is 3.93. The molecule has 0 bridgehead atoms. The second-order valence-corrected chi connectivity index (χ2v) is 3.93. The molecule has 20 heavy (non-hydrogen) atoms. The summed E-state index contributed by atoms with van der Waals surface area (Å²) in [6, 6.07) is 6.58. The highest BCUT2D eigenvalue weighted by atomic mass is 16.5. The lowest BCUT2D eigenvalue weighted by Gasteiger charge is -2.06. The van der Waals surface area contributed by atoms with Gasteiger partial charge in [0, 0.05) is 5.56 Å². The average Bonchev–Trinajstić information content (AvgIpc) is 2.46. The van der Waals surface area contributed by atoms with Gasteiger partial charge in [0.1, 0.15) is 0 Å². The van der Waals surface area contributed by atoms with Gasteiger partial charge in [-0.05, 0) is 12.1 Å². The van der Waals surface area contributed by atoms with E-state index in [0.29, 0.717) is 16.8 Å². The smallest absolute Gasteiger partial charge is 0.337 e. The van der Waals surface area contributed by atoms with Gasteiger partial charge in [0.15, 0.2) is 11.5 Å². The Labute approximate surface area is 114 Å². The number of benzene rings is 1. The lowest BCUT2D eigenvalue weighted by molar-refractivity contribution is 0.0600. The molecule has 1 heterocycles. The molecule has 1 amide bonds. The van der Waals surface area contributed by atoms with Crippen molar-refractivity contribution in [3.05, 3.63) is 41.7 Å². The van der Waals surface area contributed by atoms with Crippen molar-refractivity contribution in [2.24, 2.45) is 5.73 Å². The minimum absolute atomic E-state index is 0.0367. The van der Waals surface area contributed by atoms with E-state index in [4.69, 9.17) is 11.5 Å². The predicted molar refractivity (Wildman–Crippen MR) is 71.7 cm³/mol. The molecule has 0 aliphatic rings. The molecular weight excluding hydrogens is 260 g/mol. The van der Waals surface area contributed by atoms with Crippen molar-refractivity contribution in [3.63, 3.8) is 0 Å². The van der Waals surface area contributed by atoms with Crippen molar-refractivity contribution in [1.29, 1.82) is 0 Å². The van der Waals surface area contributed by atoms with Gasteiger partial charge >= 0.3 is 5.97 Å². The van der Waals surface area contributed by atoms with Crippen molar-refractivity contribution in [2.75, 3.05) is 12.8 Å². The zero-order valence-corrected chi connectivity index (χ0v) is 10.7. The topological polar surface area (TPSA) is 121 Å². The molecule has 0 aliphatic carbocycles. The van der Waals surface area contributed by atoms with Crippen LogP contribution in [-0.4, -0.2) is 29.0 Å². The summed E-state index contributed by atoms with van der Waals surface area (Å²) < 4.78 is 4.64. The number of carbonyl (C=O) groups is 2. The number of anilines is 1. The molecule has 1 aromatic carbocycles. The van der Waals surface area contributed by atoms with E-state index in [-0.39, 0.29) is 11.5 Å². The third kappa shape index (κ3) is 2.56. The van der Waals surface area contributed by atoms with Crippen LogP contribution in [0.2, 0.25) is 0 Å². The summed E-state index contributed by atoms with van der Waals surface area (Å²) in [7, 11) is 1.29. The van der Waals surface area contributed by atoms with Crippen molar-refractivity contribution in [3.8, 4) is 11.3 Å². The number of esters is 1. The number of ether oxygens (including phenoxy) is 1. The molecule has 0 radical (unpaired) electrons. The first-order valence-electron chi connectivity index (χ1n) is 5.64. The Morgan fingerprint density at radius 2 is 2.05 bits per heavy atom. The molecule has 7 heteroatoms. The van der Waals surface area contributed by atoms with Crippen LogP contribution in [0.5, 0.6) is 0 Å². The molecule has 1 aromatic heterocycles. The number of nitrogens with two attached hydrogens (primary N) is 2. The van der Waals surface area contributed by atoms with Gasteiger partial charge in [0.25, 0.3) is 5.91 Å². The van der Waals surface area contributed by atoms with Crippen molar-refractivity contribution < 1.29 is 14.3 Å². The fourth-order valence-corrected chi connectivity index (χ4v) is 1.64. The summed E-state index contributed by atoms with van der Waals surface area (Å²) in [4.78, 5) is 30.6. The van der Waals surface area contributed by atoms with Crippen LogP contribution in [0, 0.1) is 0 Å². The van der Waals surface area contributed by atoms with Crippen LogP contribution in [0.3, 0.4) is 0 Å². The van der Waals surface area contributed by atoms with Gasteiger partial charge in [0.05, 0.1) is 24.6 Å². The SMILES string of the molecule is COC(=O)c1cccc(-c2cnc(N)c(C(N)=O)n2)c1. The van der Waals surface area contributed by atoms with Crippen LogP contribution < -0.4 is 11.5 Å². The number of rotatable bonds is 3. The summed E-state index contributed by atoms with van der Waals surface area (Å²) in [6.07, 6.45) is 1.40. The number of aromatic nitrogens is 2. The van der Waals surface area contributed by atoms with E-state index in [2.05, 4.69) is 14.7 Å². The highest BCUT2D eigenvalue weighted by Gasteiger charge is 2.12. The van der Waals surface area contributed by atoms with Gasteiger partial charge in [-0.3, -0.25) is 4.79 Å². The largest absolute Gasteiger partial charge is 0.465 e. The minimum Gasteiger partial charge on any atom is -0.465 e. The van der Waals surface area contributed by atoms with Crippen LogP contribution in [-0.2, 0) is 4.74 Å². The number of nitrogens with zero attached hydrogens (tertiary/aromatic N) is 2. The number of amides is 1. The van der Waals surface area contributed by atoms with E-state index in [1.54, 1.807) is 24.3 Å². The van der Waals surface area contributed by atoms with Crippen molar-refractivity contribution >= 4 is 17.7 Å². The lowest BCUT2D eigenvalue weighted by atomic mass is 10.1. The molecule has 7 nitrogen and oxygen atoms in total. The zero-order chi connectivity index (χ0) is 14.7. The van der Waals surface area contributed by atoms with E-state index in [9.17, 15) is 9.59 Å². The van der Waals surface area contributed by atoms with Crippen LogP contribution >= 0.6 is 0 Å². The van der Waals surface area contributed by atoms with Gasteiger partial charge < -0.3 is 16.2 Å². The van der Waals surface area contributed by atoms with Gasteiger partial charge in [-0.25, -0.2) is 14.8 Å². The number of hydrogen-bond donors (Lipinski definition) is 2. The fraction of sp³-hybridized carbons (Fsp3) is 0.0769. The number of primary amides is 1. The zero-order valence-electron chi connectivity index (χ0n) is 10.7. The first kappa shape index (κ1) is 13.5. The monoisotopic (exact) mass is 272 g/mol. The third-order valence-electron chi connectivity index (χ3n) is 2.61. The molecule has 4 N–H and O–H groups in total. The Hall–Kier alpha value is -2.96. The molecule has 2 rings (SSSR count). The van der Waals surface area contributed by atoms with Gasteiger partial charge in [-0.15, -0.1) is 0 Å². The van der Waals surface area contributed by atoms with E-state index in [0.717, 1.165) is 0 Å². The van der Waals surface area contributed by atoms with Gasteiger partial charge in [0.2, 0.25) is 0 Å². The normalized spacial score (nSPS) is 10.1.